The van der Waals surface area contributed by atoms with Crippen LogP contribution in [0.5, 0.6) is 0 Å². The number of benzene rings is 1. The first-order chi connectivity index (χ1) is 9.38. The second-order valence-corrected chi connectivity index (χ2v) is 5.50. The minimum atomic E-state index is -4.46. The minimum Gasteiger partial charge on any atom is -0.349 e. The normalized spacial score (nSPS) is 18.9. The number of nitrogens with one attached hydrogen (secondary N) is 1. The third kappa shape index (κ3) is 3.62. The second-order valence-electron chi connectivity index (χ2n) is 4.65. The van der Waals surface area contributed by atoms with Gasteiger partial charge in [-0.25, -0.2) is 0 Å². The van der Waals surface area contributed by atoms with Gasteiger partial charge in [0, 0.05) is 10.5 Å². The molecular weight excluding hydrogens is 335 g/mol. The lowest BCUT2D eigenvalue weighted by Crippen LogP contribution is -2.35. The Morgan fingerprint density at radius 2 is 2.05 bits per heavy atom. The molecule has 0 fully saturated rings. The fourth-order valence-corrected chi connectivity index (χ4v) is 2.49. The topological polar surface area (TPSA) is 29.1 Å². The SMILES string of the molecule is O=C(NC1CC=CCC1)c1cc(C(F)(F)F)ccc1Br. The molecule has 0 saturated carbocycles. The van der Waals surface area contributed by atoms with Crippen LogP contribution in [0, 0.1) is 0 Å². The van der Waals surface area contributed by atoms with Gasteiger partial charge in [-0.1, -0.05) is 12.2 Å². The Morgan fingerprint density at radius 3 is 2.65 bits per heavy atom. The summed E-state index contributed by atoms with van der Waals surface area (Å²) in [6, 6.07) is 3.05. The Hall–Kier alpha value is -1.30. The molecule has 0 aromatic heterocycles. The predicted octanol–water partition coefficient (Wildman–Crippen LogP) is 4.31. The number of hydrogen-bond acceptors (Lipinski definition) is 1. The summed E-state index contributed by atoms with van der Waals surface area (Å²) in [6.45, 7) is 0. The Balaban J connectivity index is 2.18. The first kappa shape index (κ1) is 15.1. The van der Waals surface area contributed by atoms with Gasteiger partial charge in [0.2, 0.25) is 0 Å². The van der Waals surface area contributed by atoms with Gasteiger partial charge >= 0.3 is 6.18 Å². The quantitative estimate of drug-likeness (QED) is 0.793. The van der Waals surface area contributed by atoms with Crippen molar-refractivity contribution in [2.45, 2.75) is 31.5 Å². The summed E-state index contributed by atoms with van der Waals surface area (Å²) in [5.74, 6) is -0.483. The Kier molecular flexibility index (Phi) is 4.52. The van der Waals surface area contributed by atoms with Crippen molar-refractivity contribution in [3.63, 3.8) is 0 Å². The molecule has 0 radical (unpaired) electrons. The van der Waals surface area contributed by atoms with Crippen molar-refractivity contribution in [3.8, 4) is 0 Å². The van der Waals surface area contributed by atoms with E-state index < -0.39 is 17.6 Å². The van der Waals surface area contributed by atoms with Crippen molar-refractivity contribution in [3.05, 3.63) is 46.0 Å². The van der Waals surface area contributed by atoms with Crippen molar-refractivity contribution < 1.29 is 18.0 Å². The van der Waals surface area contributed by atoms with Gasteiger partial charge in [0.1, 0.15) is 0 Å². The van der Waals surface area contributed by atoms with Crippen LogP contribution in [0.15, 0.2) is 34.8 Å². The molecule has 0 bridgehead atoms. The summed E-state index contributed by atoms with van der Waals surface area (Å²) in [5, 5.41) is 2.77. The third-order valence-corrected chi connectivity index (χ3v) is 3.83. The van der Waals surface area contributed by atoms with E-state index in [1.807, 2.05) is 12.2 Å². The maximum Gasteiger partial charge on any atom is 0.416 e. The van der Waals surface area contributed by atoms with Gasteiger partial charge in [-0.15, -0.1) is 0 Å². The van der Waals surface area contributed by atoms with Crippen LogP contribution in [-0.2, 0) is 6.18 Å². The van der Waals surface area contributed by atoms with E-state index in [0.29, 0.717) is 10.9 Å². The summed E-state index contributed by atoms with van der Waals surface area (Å²) in [4.78, 5) is 12.1. The van der Waals surface area contributed by atoms with Gasteiger partial charge in [0.25, 0.3) is 5.91 Å². The average molecular weight is 348 g/mol. The zero-order chi connectivity index (χ0) is 14.8. The van der Waals surface area contributed by atoms with Gasteiger partial charge in [-0.05, 0) is 53.4 Å². The van der Waals surface area contributed by atoms with Crippen LogP contribution in [0.4, 0.5) is 13.2 Å². The Labute approximate surface area is 123 Å². The van der Waals surface area contributed by atoms with Gasteiger partial charge < -0.3 is 5.32 Å². The monoisotopic (exact) mass is 347 g/mol. The molecule has 1 amide bonds. The summed E-state index contributed by atoms with van der Waals surface area (Å²) in [5.41, 5.74) is -0.816. The van der Waals surface area contributed by atoms with Gasteiger partial charge in [-0.3, -0.25) is 4.79 Å². The molecule has 1 aromatic carbocycles. The number of alkyl halides is 3. The summed E-state index contributed by atoms with van der Waals surface area (Å²) in [6.07, 6.45) is 1.93. The van der Waals surface area contributed by atoms with E-state index in [9.17, 15) is 18.0 Å². The Bertz CT molecular complexity index is 540. The van der Waals surface area contributed by atoms with E-state index in [-0.39, 0.29) is 11.6 Å². The van der Waals surface area contributed by atoms with Crippen molar-refractivity contribution in [2.24, 2.45) is 0 Å². The molecule has 1 aliphatic rings. The number of amides is 1. The van der Waals surface area contributed by atoms with Gasteiger partial charge in [0.05, 0.1) is 11.1 Å². The molecule has 0 aliphatic heterocycles. The molecule has 1 aromatic rings. The maximum absolute atomic E-state index is 12.7. The van der Waals surface area contributed by atoms with Crippen LogP contribution >= 0.6 is 15.9 Å². The van der Waals surface area contributed by atoms with E-state index >= 15 is 0 Å². The smallest absolute Gasteiger partial charge is 0.349 e. The average Bonchev–Trinajstić information content (AvgIpc) is 2.39. The van der Waals surface area contributed by atoms with E-state index in [1.54, 1.807) is 0 Å². The molecule has 0 saturated heterocycles. The molecule has 2 nitrogen and oxygen atoms in total. The number of allylic oxidation sites excluding steroid dienone is 1. The zero-order valence-corrected chi connectivity index (χ0v) is 12.1. The van der Waals surface area contributed by atoms with Crippen molar-refractivity contribution in [1.29, 1.82) is 0 Å². The van der Waals surface area contributed by atoms with Gasteiger partial charge in [-0.2, -0.15) is 13.2 Å². The number of hydrogen-bond donors (Lipinski definition) is 1. The van der Waals surface area contributed by atoms with E-state index in [1.165, 1.54) is 6.07 Å². The molecular formula is C14H13BrF3NO. The number of halogens is 4. The first-order valence-electron chi connectivity index (χ1n) is 6.20. The van der Waals surface area contributed by atoms with Crippen molar-refractivity contribution in [2.75, 3.05) is 0 Å². The van der Waals surface area contributed by atoms with Crippen molar-refractivity contribution in [1.82, 2.24) is 5.32 Å². The molecule has 1 atom stereocenters. The van der Waals surface area contributed by atoms with Crippen LogP contribution in [-0.4, -0.2) is 11.9 Å². The molecule has 0 heterocycles. The number of carbonyl (C=O) groups is 1. The third-order valence-electron chi connectivity index (χ3n) is 3.14. The maximum atomic E-state index is 12.7. The van der Waals surface area contributed by atoms with Crippen LogP contribution in [0.1, 0.15) is 35.2 Å². The molecule has 1 aliphatic carbocycles. The molecule has 1 unspecified atom stereocenters. The van der Waals surface area contributed by atoms with Crippen LogP contribution in [0.3, 0.4) is 0 Å². The number of carbonyl (C=O) groups excluding carboxylic acids is 1. The number of rotatable bonds is 2. The highest BCUT2D eigenvalue weighted by Gasteiger charge is 2.31. The largest absolute Gasteiger partial charge is 0.416 e. The molecule has 0 spiro atoms. The lowest BCUT2D eigenvalue weighted by molar-refractivity contribution is -0.137. The summed E-state index contributed by atoms with van der Waals surface area (Å²) >= 11 is 3.12. The summed E-state index contributed by atoms with van der Waals surface area (Å²) < 4.78 is 38.4. The molecule has 2 rings (SSSR count). The fourth-order valence-electron chi connectivity index (χ4n) is 2.06. The molecule has 6 heteroatoms. The van der Waals surface area contributed by atoms with E-state index in [0.717, 1.165) is 25.0 Å². The predicted molar refractivity (Wildman–Crippen MR) is 73.4 cm³/mol. The minimum absolute atomic E-state index is 0.00868. The lowest BCUT2D eigenvalue weighted by atomic mass is 10.0. The highest BCUT2D eigenvalue weighted by atomic mass is 79.9. The second kappa shape index (κ2) is 5.99. The highest BCUT2D eigenvalue weighted by molar-refractivity contribution is 9.10. The van der Waals surface area contributed by atoms with E-state index in [2.05, 4.69) is 21.2 Å². The Morgan fingerprint density at radius 1 is 1.30 bits per heavy atom. The van der Waals surface area contributed by atoms with Crippen molar-refractivity contribution >= 4 is 21.8 Å². The molecule has 20 heavy (non-hydrogen) atoms. The van der Waals surface area contributed by atoms with Crippen LogP contribution in [0.25, 0.3) is 0 Å². The summed E-state index contributed by atoms with van der Waals surface area (Å²) in [7, 11) is 0. The highest BCUT2D eigenvalue weighted by Crippen LogP contribution is 2.32. The molecule has 108 valence electrons. The fraction of sp³-hybridized carbons (Fsp3) is 0.357. The lowest BCUT2D eigenvalue weighted by Gasteiger charge is -2.20. The van der Waals surface area contributed by atoms with Crippen LogP contribution in [0.2, 0.25) is 0 Å². The van der Waals surface area contributed by atoms with E-state index in [4.69, 9.17) is 0 Å². The van der Waals surface area contributed by atoms with Gasteiger partial charge in [0.15, 0.2) is 0 Å². The first-order valence-corrected chi connectivity index (χ1v) is 7.00. The zero-order valence-electron chi connectivity index (χ0n) is 10.5. The standard InChI is InChI=1S/C14H13BrF3NO/c15-12-7-6-9(14(16,17)18)8-11(12)13(20)19-10-4-2-1-3-5-10/h1-2,6-8,10H,3-5H2,(H,19,20). The molecule has 1 N–H and O–H groups in total. The van der Waals surface area contributed by atoms with Crippen LogP contribution < -0.4 is 5.32 Å².